The lowest BCUT2D eigenvalue weighted by Crippen LogP contribution is -2.45. The summed E-state index contributed by atoms with van der Waals surface area (Å²) in [5, 5.41) is 4.91. The number of aromatic nitrogens is 2. The van der Waals surface area contributed by atoms with Gasteiger partial charge in [0.25, 0.3) is 0 Å². The van der Waals surface area contributed by atoms with E-state index in [9.17, 15) is 14.0 Å². The first-order valence-corrected chi connectivity index (χ1v) is 13.3. The zero-order chi connectivity index (χ0) is 28.2. The number of terminal acetylenes is 1. The zero-order valence-corrected chi connectivity index (χ0v) is 25.5. The number of nitrogens with zero attached hydrogens (tertiary/aromatic N) is 3. The fourth-order valence-corrected chi connectivity index (χ4v) is 5.47. The van der Waals surface area contributed by atoms with Crippen LogP contribution in [0, 0.1) is 31.0 Å². The molecule has 1 aromatic heterocycles. The molecule has 218 valence electrons. The number of para-hydroxylation sites is 1. The summed E-state index contributed by atoms with van der Waals surface area (Å²) in [7, 11) is 0. The molecule has 4 aromatic rings. The van der Waals surface area contributed by atoms with E-state index in [1.807, 2.05) is 62.4 Å². The summed E-state index contributed by atoms with van der Waals surface area (Å²) < 4.78 is 21.5. The van der Waals surface area contributed by atoms with Gasteiger partial charge in [-0.15, -0.1) is 6.42 Å². The number of carbonyl (C=O) groups is 2. The van der Waals surface area contributed by atoms with Crippen LogP contribution in [0.1, 0.15) is 52.0 Å². The highest BCUT2D eigenvalue weighted by Crippen LogP contribution is 2.47. The lowest BCUT2D eigenvalue weighted by Gasteiger charge is -2.38. The van der Waals surface area contributed by atoms with E-state index in [4.69, 9.17) is 16.3 Å². The average Bonchev–Trinajstić information content (AvgIpc) is 3.33. The number of hydrogen-bond donors (Lipinski definition) is 0. The summed E-state index contributed by atoms with van der Waals surface area (Å²) in [6.07, 6.45) is 5.42. The minimum atomic E-state index is -0.731. The molecule has 9 heteroatoms. The maximum absolute atomic E-state index is 14.3. The third-order valence-electron chi connectivity index (χ3n) is 7.24. The predicted octanol–water partition coefficient (Wildman–Crippen LogP) is 6.08. The Bertz CT molecular complexity index is 1580. The third-order valence-corrected chi connectivity index (χ3v) is 7.24. The number of benzene rings is 3. The van der Waals surface area contributed by atoms with Gasteiger partial charge in [-0.1, -0.05) is 60.0 Å². The van der Waals surface area contributed by atoms with E-state index in [-0.39, 0.29) is 64.1 Å². The molecule has 2 heterocycles. The maximum Gasteiger partial charge on any atom is 0.232 e. The Morgan fingerprint density at radius 2 is 1.76 bits per heavy atom. The first-order valence-electron chi connectivity index (χ1n) is 13.3. The van der Waals surface area contributed by atoms with Gasteiger partial charge in [0.05, 0.1) is 23.9 Å². The molecule has 42 heavy (non-hydrogen) atoms. The molecule has 0 bridgehead atoms. The van der Waals surface area contributed by atoms with Crippen LogP contribution in [0.3, 0.4) is 0 Å². The number of ether oxygens (including phenoxy) is 1. The Balaban J connectivity index is 0.00000242. The van der Waals surface area contributed by atoms with Crippen molar-refractivity contribution in [1.82, 2.24) is 9.78 Å². The van der Waals surface area contributed by atoms with Gasteiger partial charge < -0.3 is 4.74 Å². The normalized spacial score (nSPS) is 15.7. The molecule has 0 radical (unpaired) electrons. The van der Waals surface area contributed by atoms with Crippen LogP contribution in [0.4, 0.5) is 10.2 Å². The van der Waals surface area contributed by atoms with Crippen LogP contribution in [0.25, 0.3) is 5.69 Å². The molecule has 1 aliphatic rings. The highest BCUT2D eigenvalue weighted by Gasteiger charge is 2.46. The fourth-order valence-electron chi connectivity index (χ4n) is 5.47. The minimum Gasteiger partial charge on any atom is -0.362 e. The number of carbonyl (C=O) groups excluding carboxylic acids is 2. The highest BCUT2D eigenvalue weighted by atomic mass is 32.1. The van der Waals surface area contributed by atoms with E-state index in [1.165, 1.54) is 12.1 Å². The summed E-state index contributed by atoms with van der Waals surface area (Å²) >= 11 is 0. The molecule has 0 saturated heterocycles. The van der Waals surface area contributed by atoms with Gasteiger partial charge in [0.15, 0.2) is 5.78 Å². The van der Waals surface area contributed by atoms with Crippen LogP contribution in [0.2, 0.25) is 0 Å². The lowest BCUT2D eigenvalue weighted by molar-refractivity contribution is -0.123. The van der Waals surface area contributed by atoms with Gasteiger partial charge in [-0.3, -0.25) is 14.5 Å². The molecule has 0 saturated carbocycles. The van der Waals surface area contributed by atoms with Crippen LogP contribution in [0.15, 0.2) is 78.9 Å². The number of halogens is 1. The SMILES string of the molecule is C#CCOCc1nn(-c2ccccc2)c2c1[C@H](c1ccc(F)cc1)[C@H](CC(=O)c1cccc(C)c1)C(=O)N2CC.S.S. The van der Waals surface area contributed by atoms with Crippen molar-refractivity contribution in [2.75, 3.05) is 18.1 Å². The van der Waals surface area contributed by atoms with Crippen molar-refractivity contribution < 1.29 is 18.7 Å². The van der Waals surface area contributed by atoms with Crippen LogP contribution in [-0.4, -0.2) is 34.6 Å². The topological polar surface area (TPSA) is 64.4 Å². The van der Waals surface area contributed by atoms with Crippen molar-refractivity contribution in [3.63, 3.8) is 0 Å². The first-order chi connectivity index (χ1) is 19.4. The Morgan fingerprint density at radius 3 is 2.40 bits per heavy atom. The summed E-state index contributed by atoms with van der Waals surface area (Å²) in [5.74, 6) is 1.12. The van der Waals surface area contributed by atoms with Crippen molar-refractivity contribution in [3.8, 4) is 18.0 Å². The third kappa shape index (κ3) is 6.46. The number of rotatable bonds is 9. The smallest absolute Gasteiger partial charge is 0.232 e. The monoisotopic (exact) mass is 603 g/mol. The van der Waals surface area contributed by atoms with E-state index in [1.54, 1.807) is 27.8 Å². The molecular weight excluding hydrogens is 570 g/mol. The summed E-state index contributed by atoms with van der Waals surface area (Å²) in [4.78, 5) is 29.5. The number of hydrogen-bond acceptors (Lipinski definition) is 4. The molecule has 1 aliphatic heterocycles. The Kier molecular flexibility index (Phi) is 11.2. The minimum absolute atomic E-state index is 0. The maximum atomic E-state index is 14.3. The number of anilines is 1. The number of amides is 1. The second-order valence-corrected chi connectivity index (χ2v) is 9.84. The average molecular weight is 604 g/mol. The molecule has 0 N–H and O–H groups in total. The van der Waals surface area contributed by atoms with Gasteiger partial charge in [-0.25, -0.2) is 9.07 Å². The largest absolute Gasteiger partial charge is 0.362 e. The number of Topliss-reactive ketones (excluding diaryl/α,β-unsaturated/α-hetero) is 1. The first kappa shape index (κ1) is 32.7. The Morgan fingerprint density at radius 1 is 1.05 bits per heavy atom. The van der Waals surface area contributed by atoms with Gasteiger partial charge in [0, 0.05) is 30.0 Å². The van der Waals surface area contributed by atoms with Crippen molar-refractivity contribution in [1.29, 1.82) is 0 Å². The number of ketones is 1. The summed E-state index contributed by atoms with van der Waals surface area (Å²) in [6, 6.07) is 23.0. The molecule has 5 rings (SSSR count). The van der Waals surface area contributed by atoms with Crippen LogP contribution in [0.5, 0.6) is 0 Å². The number of aryl methyl sites for hydroxylation is 1. The molecule has 6 nitrogen and oxygen atoms in total. The van der Waals surface area contributed by atoms with Crippen molar-refractivity contribution in [2.45, 2.75) is 32.8 Å². The van der Waals surface area contributed by atoms with Crippen molar-refractivity contribution in [2.24, 2.45) is 5.92 Å². The second kappa shape index (κ2) is 14.4. The molecule has 1 amide bonds. The molecular formula is C33H34FN3O3S2. The van der Waals surface area contributed by atoms with Crippen molar-refractivity contribution >= 4 is 44.5 Å². The van der Waals surface area contributed by atoms with E-state index >= 15 is 0 Å². The van der Waals surface area contributed by atoms with E-state index in [2.05, 4.69) is 5.92 Å². The highest BCUT2D eigenvalue weighted by molar-refractivity contribution is 7.59. The molecule has 2 atom stereocenters. The summed E-state index contributed by atoms with van der Waals surface area (Å²) in [5.41, 5.74) is 4.40. The van der Waals surface area contributed by atoms with Gasteiger partial charge in [-0.05, 0) is 49.7 Å². The van der Waals surface area contributed by atoms with Gasteiger partial charge in [0.1, 0.15) is 18.2 Å². The Hall–Kier alpha value is -3.84. The van der Waals surface area contributed by atoms with E-state index in [0.717, 1.165) is 22.4 Å². The molecule has 0 unspecified atom stereocenters. The van der Waals surface area contributed by atoms with E-state index < -0.39 is 11.8 Å². The quantitative estimate of drug-likeness (QED) is 0.132. The standard InChI is InChI=1S/C33H30FN3O3.2H2S/c1-4-18-40-21-28-31-30(23-14-16-25(34)17-15-23)27(20-29(38)24-11-9-10-22(3)19-24)33(39)36(5-2)32(31)37(35-28)26-12-7-6-8-13-26;;/h1,6-17,19,27,30H,5,18,20-21H2,2-3H3;2*1H2/t27-,30+;;/m0../s1. The van der Waals surface area contributed by atoms with Gasteiger partial charge in [0.2, 0.25) is 5.91 Å². The van der Waals surface area contributed by atoms with Crippen LogP contribution < -0.4 is 4.90 Å². The summed E-state index contributed by atoms with van der Waals surface area (Å²) in [6.45, 7) is 4.42. The molecule has 3 aromatic carbocycles. The fraction of sp³-hybridized carbons (Fsp3) is 0.242. The molecule has 0 fully saturated rings. The lowest BCUT2D eigenvalue weighted by atomic mass is 9.74. The second-order valence-electron chi connectivity index (χ2n) is 9.84. The van der Waals surface area contributed by atoms with Crippen LogP contribution in [-0.2, 0) is 16.1 Å². The molecule has 0 spiro atoms. The molecule has 0 aliphatic carbocycles. The van der Waals surface area contributed by atoms with Gasteiger partial charge in [-0.2, -0.15) is 32.1 Å². The number of fused-ring (bicyclic) bond motifs is 1. The van der Waals surface area contributed by atoms with E-state index in [0.29, 0.717) is 23.6 Å². The predicted molar refractivity (Wildman–Crippen MR) is 173 cm³/mol. The van der Waals surface area contributed by atoms with Crippen LogP contribution >= 0.6 is 27.0 Å². The Labute approximate surface area is 259 Å². The van der Waals surface area contributed by atoms with Crippen molar-refractivity contribution in [3.05, 3.63) is 113 Å². The zero-order valence-electron chi connectivity index (χ0n) is 23.5. The van der Waals surface area contributed by atoms with Gasteiger partial charge >= 0.3 is 0 Å².